The highest BCUT2D eigenvalue weighted by Crippen LogP contribution is 2.33. The molecule has 0 amide bonds. The lowest BCUT2D eigenvalue weighted by molar-refractivity contribution is 0.477. The molecule has 1 saturated heterocycles. The molecule has 0 bridgehead atoms. The lowest BCUT2D eigenvalue weighted by Gasteiger charge is -2.26. The minimum absolute atomic E-state index is 0.121. The Morgan fingerprint density at radius 2 is 2.04 bits per heavy atom. The quantitative estimate of drug-likeness (QED) is 0.754. The molecule has 1 aliphatic rings. The summed E-state index contributed by atoms with van der Waals surface area (Å²) >= 11 is 6.11. The largest absolute Gasteiger partial charge is 0.507 e. The first-order chi connectivity index (χ1) is 12.1. The zero-order chi connectivity index (χ0) is 17.4. The minimum Gasteiger partial charge on any atom is -0.507 e. The summed E-state index contributed by atoms with van der Waals surface area (Å²) < 4.78 is 0. The molecule has 1 aliphatic heterocycles. The van der Waals surface area contributed by atoms with Crippen molar-refractivity contribution in [3.05, 3.63) is 47.5 Å². The number of para-hydroxylation sites is 1. The average molecular weight is 355 g/mol. The second-order valence-electron chi connectivity index (χ2n) is 6.31. The second-order valence-corrected chi connectivity index (χ2v) is 6.74. The van der Waals surface area contributed by atoms with Crippen LogP contribution in [0.5, 0.6) is 5.75 Å². The van der Waals surface area contributed by atoms with Gasteiger partial charge in [0.15, 0.2) is 5.82 Å². The minimum atomic E-state index is 0.121. The molecule has 0 aliphatic carbocycles. The van der Waals surface area contributed by atoms with E-state index in [1.807, 2.05) is 24.3 Å². The monoisotopic (exact) mass is 354 g/mol. The standard InChI is InChI=1S/C19H19ClN4O/c1-24(13-8-9-21-11-13)19-14-4-2-3-5-16(14)22-18(23-19)15-10-12(20)6-7-17(15)25/h2-7,10,13,21,25H,8-9,11H2,1H3/t13-/m0/s1. The van der Waals surface area contributed by atoms with E-state index >= 15 is 0 Å². The number of aromatic nitrogens is 2. The van der Waals surface area contributed by atoms with Crippen molar-refractivity contribution in [2.24, 2.45) is 0 Å². The Bertz CT molecular complexity index is 924. The molecule has 2 N–H and O–H groups in total. The maximum atomic E-state index is 10.2. The number of nitrogens with one attached hydrogen (secondary N) is 1. The van der Waals surface area contributed by atoms with Gasteiger partial charge in [0.2, 0.25) is 0 Å². The van der Waals surface area contributed by atoms with Crippen molar-refractivity contribution >= 4 is 28.3 Å². The van der Waals surface area contributed by atoms with Crippen molar-refractivity contribution in [1.29, 1.82) is 0 Å². The van der Waals surface area contributed by atoms with Crippen LogP contribution in [0.25, 0.3) is 22.3 Å². The molecule has 128 valence electrons. The summed E-state index contributed by atoms with van der Waals surface area (Å²) in [6.45, 7) is 1.95. The number of hydrogen-bond donors (Lipinski definition) is 2. The molecule has 2 heterocycles. The Balaban J connectivity index is 1.90. The van der Waals surface area contributed by atoms with Gasteiger partial charge in [0.1, 0.15) is 11.6 Å². The number of anilines is 1. The van der Waals surface area contributed by atoms with Crippen molar-refractivity contribution in [3.63, 3.8) is 0 Å². The zero-order valence-corrected chi connectivity index (χ0v) is 14.7. The molecule has 0 unspecified atom stereocenters. The van der Waals surface area contributed by atoms with E-state index in [1.165, 1.54) is 0 Å². The van der Waals surface area contributed by atoms with Crippen LogP contribution in [-0.4, -0.2) is 41.3 Å². The van der Waals surface area contributed by atoms with Gasteiger partial charge in [-0.15, -0.1) is 0 Å². The number of phenolic OH excluding ortho intramolecular Hbond substituents is 1. The SMILES string of the molecule is CN(c1nc(-c2cc(Cl)ccc2O)nc2ccccc12)[C@H]1CCNC1. The van der Waals surface area contributed by atoms with Crippen molar-refractivity contribution in [1.82, 2.24) is 15.3 Å². The predicted octanol–water partition coefficient (Wildman–Crippen LogP) is 3.45. The van der Waals surface area contributed by atoms with E-state index < -0.39 is 0 Å². The van der Waals surface area contributed by atoms with E-state index in [9.17, 15) is 5.11 Å². The molecule has 4 rings (SSSR count). The van der Waals surface area contributed by atoms with Crippen molar-refractivity contribution < 1.29 is 5.11 Å². The number of rotatable bonds is 3. The number of nitrogens with zero attached hydrogens (tertiary/aromatic N) is 3. The molecule has 0 radical (unpaired) electrons. The molecule has 5 nitrogen and oxygen atoms in total. The third kappa shape index (κ3) is 3.01. The van der Waals surface area contributed by atoms with Crippen LogP contribution in [0.4, 0.5) is 5.82 Å². The third-order valence-electron chi connectivity index (χ3n) is 4.70. The molecule has 2 aromatic carbocycles. The summed E-state index contributed by atoms with van der Waals surface area (Å²) in [5.74, 6) is 1.47. The predicted molar refractivity (Wildman–Crippen MR) is 101 cm³/mol. The normalized spacial score (nSPS) is 17.1. The maximum absolute atomic E-state index is 10.2. The smallest absolute Gasteiger partial charge is 0.165 e. The first-order valence-electron chi connectivity index (χ1n) is 8.33. The summed E-state index contributed by atoms with van der Waals surface area (Å²) in [4.78, 5) is 11.6. The van der Waals surface area contributed by atoms with Gasteiger partial charge in [-0.25, -0.2) is 9.97 Å². The van der Waals surface area contributed by atoms with Crippen LogP contribution in [0, 0.1) is 0 Å². The summed E-state index contributed by atoms with van der Waals surface area (Å²) in [6.07, 6.45) is 1.08. The Kier molecular flexibility index (Phi) is 4.19. The number of hydrogen-bond acceptors (Lipinski definition) is 5. The molecule has 3 aromatic rings. The van der Waals surface area contributed by atoms with Crippen molar-refractivity contribution in [3.8, 4) is 17.1 Å². The number of halogens is 1. The van der Waals surface area contributed by atoms with Crippen LogP contribution in [0.2, 0.25) is 5.02 Å². The van der Waals surface area contributed by atoms with Gasteiger partial charge in [-0.2, -0.15) is 0 Å². The van der Waals surface area contributed by atoms with Gasteiger partial charge in [-0.05, 0) is 43.3 Å². The number of aromatic hydroxyl groups is 1. The van der Waals surface area contributed by atoms with E-state index in [4.69, 9.17) is 16.6 Å². The summed E-state index contributed by atoms with van der Waals surface area (Å²) in [5, 5.41) is 15.2. The second kappa shape index (κ2) is 6.50. The van der Waals surface area contributed by atoms with E-state index in [0.717, 1.165) is 36.2 Å². The topological polar surface area (TPSA) is 61.3 Å². The molecule has 0 spiro atoms. The van der Waals surface area contributed by atoms with Crippen LogP contribution in [-0.2, 0) is 0 Å². The lowest BCUT2D eigenvalue weighted by atomic mass is 10.1. The van der Waals surface area contributed by atoms with Crippen molar-refractivity contribution in [2.75, 3.05) is 25.0 Å². The molecule has 6 heteroatoms. The zero-order valence-electron chi connectivity index (χ0n) is 13.9. The Hall–Kier alpha value is -2.37. The fourth-order valence-corrected chi connectivity index (χ4v) is 3.45. The summed E-state index contributed by atoms with van der Waals surface area (Å²) in [5.41, 5.74) is 1.39. The van der Waals surface area contributed by atoms with Crippen LogP contribution in [0.15, 0.2) is 42.5 Å². The van der Waals surface area contributed by atoms with Crippen LogP contribution >= 0.6 is 11.6 Å². The maximum Gasteiger partial charge on any atom is 0.165 e. The summed E-state index contributed by atoms with van der Waals surface area (Å²) in [7, 11) is 2.06. The van der Waals surface area contributed by atoms with E-state index in [2.05, 4.69) is 22.2 Å². The fraction of sp³-hybridized carbons (Fsp3) is 0.263. The fourth-order valence-electron chi connectivity index (χ4n) is 3.28. The number of fused-ring (bicyclic) bond motifs is 1. The molecular weight excluding hydrogens is 336 g/mol. The number of likely N-dealkylation sites (N-methyl/N-ethyl adjacent to an activating group) is 1. The molecular formula is C19H19ClN4O. The van der Waals surface area contributed by atoms with Gasteiger partial charge in [-0.1, -0.05) is 23.7 Å². The Morgan fingerprint density at radius 3 is 2.84 bits per heavy atom. The number of benzene rings is 2. The van der Waals surface area contributed by atoms with Gasteiger partial charge >= 0.3 is 0 Å². The van der Waals surface area contributed by atoms with Gasteiger partial charge in [-0.3, -0.25) is 0 Å². The Morgan fingerprint density at radius 1 is 1.20 bits per heavy atom. The van der Waals surface area contributed by atoms with Crippen LogP contribution < -0.4 is 10.2 Å². The average Bonchev–Trinajstić information content (AvgIpc) is 3.17. The molecule has 25 heavy (non-hydrogen) atoms. The molecule has 1 aromatic heterocycles. The first-order valence-corrected chi connectivity index (χ1v) is 8.70. The van der Waals surface area contributed by atoms with Gasteiger partial charge in [0.25, 0.3) is 0 Å². The van der Waals surface area contributed by atoms with Gasteiger partial charge in [0.05, 0.1) is 11.1 Å². The highest BCUT2D eigenvalue weighted by molar-refractivity contribution is 6.30. The van der Waals surface area contributed by atoms with E-state index in [1.54, 1.807) is 18.2 Å². The Labute approximate surface area is 151 Å². The van der Waals surface area contributed by atoms with Crippen LogP contribution in [0.1, 0.15) is 6.42 Å². The van der Waals surface area contributed by atoms with Crippen LogP contribution in [0.3, 0.4) is 0 Å². The van der Waals surface area contributed by atoms with E-state index in [0.29, 0.717) is 22.5 Å². The van der Waals surface area contributed by atoms with Crippen molar-refractivity contribution in [2.45, 2.75) is 12.5 Å². The summed E-state index contributed by atoms with van der Waals surface area (Å²) in [6, 6.07) is 13.3. The molecule has 1 fully saturated rings. The third-order valence-corrected chi connectivity index (χ3v) is 4.93. The highest BCUT2D eigenvalue weighted by Gasteiger charge is 2.23. The van der Waals surface area contributed by atoms with Gasteiger partial charge in [0, 0.05) is 30.0 Å². The van der Waals surface area contributed by atoms with E-state index in [-0.39, 0.29) is 5.75 Å². The molecule has 1 atom stereocenters. The lowest BCUT2D eigenvalue weighted by Crippen LogP contribution is -2.34. The number of phenols is 1. The van der Waals surface area contributed by atoms with Gasteiger partial charge < -0.3 is 15.3 Å². The molecule has 0 saturated carbocycles. The highest BCUT2D eigenvalue weighted by atomic mass is 35.5. The first kappa shape index (κ1) is 16.1.